The fraction of sp³-hybridized carbons (Fsp3) is 0.294. The van der Waals surface area contributed by atoms with Crippen molar-refractivity contribution >= 4 is 16.8 Å². The molecule has 6 heteroatoms. The first-order valence-corrected chi connectivity index (χ1v) is 7.79. The number of carbonyl (C=O) groups is 1. The molecule has 2 aromatic heterocycles. The Labute approximate surface area is 134 Å². The molecule has 1 amide bonds. The lowest BCUT2D eigenvalue weighted by molar-refractivity contribution is 0.0536. The van der Waals surface area contributed by atoms with Crippen molar-refractivity contribution in [3.63, 3.8) is 0 Å². The van der Waals surface area contributed by atoms with Crippen LogP contribution in [0, 0.1) is 0 Å². The standard InChI is InChI=1S/C17H19N5O/c1-21-9-10-22(11-14(21)16-19-7-8-20-16)17(23)13-4-2-3-12-5-6-18-15(12)13/h2-8,14,18H,9-11H2,1H3,(H,19,20)/t14-/m1/s1. The van der Waals surface area contributed by atoms with Crippen LogP contribution >= 0.6 is 0 Å². The van der Waals surface area contributed by atoms with Gasteiger partial charge in [-0.15, -0.1) is 0 Å². The summed E-state index contributed by atoms with van der Waals surface area (Å²) in [6.45, 7) is 2.20. The normalized spacial score (nSPS) is 19.3. The first-order chi connectivity index (χ1) is 11.2. The SMILES string of the molecule is CN1CCN(C(=O)c2cccc3cc[nH]c23)C[C@@H]1c1ncc[nH]1. The summed E-state index contributed by atoms with van der Waals surface area (Å²) in [6.07, 6.45) is 5.45. The van der Waals surface area contributed by atoms with Gasteiger partial charge in [0.05, 0.1) is 17.1 Å². The van der Waals surface area contributed by atoms with Crippen molar-refractivity contribution < 1.29 is 4.79 Å². The molecule has 0 aliphatic carbocycles. The molecule has 23 heavy (non-hydrogen) atoms. The average Bonchev–Trinajstić information content (AvgIpc) is 3.25. The minimum absolute atomic E-state index is 0.0720. The number of aromatic amines is 2. The van der Waals surface area contributed by atoms with Crippen LogP contribution in [0.25, 0.3) is 10.9 Å². The van der Waals surface area contributed by atoms with E-state index in [1.54, 1.807) is 6.20 Å². The topological polar surface area (TPSA) is 68.0 Å². The Balaban J connectivity index is 1.62. The minimum atomic E-state index is 0.0720. The number of rotatable bonds is 2. The third-order valence-electron chi connectivity index (χ3n) is 4.59. The van der Waals surface area contributed by atoms with Gasteiger partial charge in [0.2, 0.25) is 0 Å². The molecule has 1 fully saturated rings. The van der Waals surface area contributed by atoms with E-state index in [0.717, 1.165) is 35.4 Å². The van der Waals surface area contributed by atoms with E-state index in [9.17, 15) is 4.79 Å². The summed E-state index contributed by atoms with van der Waals surface area (Å²) in [6, 6.07) is 7.93. The molecule has 1 saturated heterocycles. The predicted octanol–water partition coefficient (Wildman–Crippen LogP) is 2.02. The number of nitrogens with one attached hydrogen (secondary N) is 2. The maximum absolute atomic E-state index is 13.0. The fourth-order valence-electron chi connectivity index (χ4n) is 3.25. The molecule has 0 unspecified atom stereocenters. The first-order valence-electron chi connectivity index (χ1n) is 7.79. The number of aromatic nitrogens is 3. The number of piperazine rings is 1. The van der Waals surface area contributed by atoms with Gasteiger partial charge in [0.15, 0.2) is 0 Å². The van der Waals surface area contributed by atoms with Gasteiger partial charge < -0.3 is 14.9 Å². The van der Waals surface area contributed by atoms with Gasteiger partial charge in [-0.1, -0.05) is 12.1 Å². The quantitative estimate of drug-likeness (QED) is 0.761. The highest BCUT2D eigenvalue weighted by atomic mass is 16.2. The second-order valence-corrected chi connectivity index (χ2v) is 5.97. The second-order valence-electron chi connectivity index (χ2n) is 5.97. The number of fused-ring (bicyclic) bond motifs is 1. The molecule has 3 aromatic rings. The van der Waals surface area contributed by atoms with E-state index in [4.69, 9.17) is 0 Å². The number of para-hydroxylation sites is 1. The van der Waals surface area contributed by atoms with Gasteiger partial charge in [-0.3, -0.25) is 9.69 Å². The van der Waals surface area contributed by atoms with Crippen LogP contribution in [-0.2, 0) is 0 Å². The van der Waals surface area contributed by atoms with E-state index in [2.05, 4.69) is 26.9 Å². The molecule has 0 saturated carbocycles. The fourth-order valence-corrected chi connectivity index (χ4v) is 3.25. The number of hydrogen-bond acceptors (Lipinski definition) is 3. The molecule has 1 atom stereocenters. The number of nitrogens with zero attached hydrogens (tertiary/aromatic N) is 3. The highest BCUT2D eigenvalue weighted by Gasteiger charge is 2.30. The summed E-state index contributed by atoms with van der Waals surface area (Å²) in [5, 5.41) is 1.06. The molecule has 3 heterocycles. The lowest BCUT2D eigenvalue weighted by Gasteiger charge is -2.38. The zero-order valence-electron chi connectivity index (χ0n) is 13.0. The Morgan fingerprint density at radius 3 is 2.96 bits per heavy atom. The number of carbonyl (C=O) groups excluding carboxylic acids is 1. The summed E-state index contributed by atoms with van der Waals surface area (Å²) < 4.78 is 0. The number of benzene rings is 1. The molecule has 0 spiro atoms. The molecule has 0 bridgehead atoms. The van der Waals surface area contributed by atoms with Crippen molar-refractivity contribution in [1.82, 2.24) is 24.8 Å². The van der Waals surface area contributed by atoms with Crippen LogP contribution in [0.3, 0.4) is 0 Å². The van der Waals surface area contributed by atoms with Crippen molar-refractivity contribution in [2.75, 3.05) is 26.7 Å². The lowest BCUT2D eigenvalue weighted by Crippen LogP contribution is -2.49. The molecule has 1 aliphatic rings. The van der Waals surface area contributed by atoms with E-state index in [0.29, 0.717) is 6.54 Å². The van der Waals surface area contributed by atoms with Crippen LogP contribution in [0.1, 0.15) is 22.2 Å². The van der Waals surface area contributed by atoms with Crippen LogP contribution in [0.15, 0.2) is 42.9 Å². The Morgan fingerprint density at radius 1 is 1.22 bits per heavy atom. The summed E-state index contributed by atoms with van der Waals surface area (Å²) >= 11 is 0. The Kier molecular flexibility index (Phi) is 3.38. The van der Waals surface area contributed by atoms with Gasteiger partial charge in [0, 0.05) is 43.6 Å². The first kappa shape index (κ1) is 14.0. The Hall–Kier alpha value is -2.60. The maximum atomic E-state index is 13.0. The molecule has 2 N–H and O–H groups in total. The van der Waals surface area contributed by atoms with Crippen molar-refractivity contribution in [1.29, 1.82) is 0 Å². The van der Waals surface area contributed by atoms with Gasteiger partial charge in [0.1, 0.15) is 5.82 Å². The lowest BCUT2D eigenvalue weighted by atomic mass is 10.1. The highest BCUT2D eigenvalue weighted by molar-refractivity contribution is 6.05. The average molecular weight is 309 g/mol. The molecule has 1 aromatic carbocycles. The number of imidazole rings is 1. The smallest absolute Gasteiger partial charge is 0.256 e. The summed E-state index contributed by atoms with van der Waals surface area (Å²) in [7, 11) is 2.07. The molecular weight excluding hydrogens is 290 g/mol. The number of H-pyrrole nitrogens is 2. The zero-order chi connectivity index (χ0) is 15.8. The van der Waals surface area contributed by atoms with Gasteiger partial charge in [-0.25, -0.2) is 4.98 Å². The minimum Gasteiger partial charge on any atom is -0.361 e. The molecular formula is C17H19N5O. The van der Waals surface area contributed by atoms with E-state index < -0.39 is 0 Å². The number of likely N-dealkylation sites (N-methyl/N-ethyl adjacent to an activating group) is 1. The van der Waals surface area contributed by atoms with Crippen LogP contribution in [0.2, 0.25) is 0 Å². The van der Waals surface area contributed by atoms with E-state index in [-0.39, 0.29) is 11.9 Å². The Bertz CT molecular complexity index is 823. The van der Waals surface area contributed by atoms with Gasteiger partial charge in [-0.2, -0.15) is 0 Å². The van der Waals surface area contributed by atoms with Crippen molar-refractivity contribution in [2.45, 2.75) is 6.04 Å². The highest BCUT2D eigenvalue weighted by Crippen LogP contribution is 2.24. The third kappa shape index (κ3) is 2.41. The maximum Gasteiger partial charge on any atom is 0.256 e. The van der Waals surface area contributed by atoms with E-state index in [1.165, 1.54) is 0 Å². The molecule has 1 aliphatic heterocycles. The Morgan fingerprint density at radius 2 is 2.13 bits per heavy atom. The number of amides is 1. The third-order valence-corrected chi connectivity index (χ3v) is 4.59. The predicted molar refractivity (Wildman–Crippen MR) is 88.2 cm³/mol. The molecule has 4 rings (SSSR count). The van der Waals surface area contributed by atoms with Gasteiger partial charge >= 0.3 is 0 Å². The van der Waals surface area contributed by atoms with Crippen molar-refractivity contribution in [3.05, 3.63) is 54.2 Å². The van der Waals surface area contributed by atoms with Gasteiger partial charge in [-0.05, 0) is 19.2 Å². The monoisotopic (exact) mass is 309 g/mol. The van der Waals surface area contributed by atoms with E-state index >= 15 is 0 Å². The summed E-state index contributed by atoms with van der Waals surface area (Å²) in [4.78, 5) is 27.8. The van der Waals surface area contributed by atoms with Crippen molar-refractivity contribution in [2.24, 2.45) is 0 Å². The molecule has 0 radical (unpaired) electrons. The summed E-state index contributed by atoms with van der Waals surface area (Å²) in [5.41, 5.74) is 1.64. The molecule has 118 valence electrons. The van der Waals surface area contributed by atoms with Crippen LogP contribution in [-0.4, -0.2) is 57.3 Å². The van der Waals surface area contributed by atoms with Gasteiger partial charge in [0.25, 0.3) is 5.91 Å². The van der Waals surface area contributed by atoms with E-state index in [1.807, 2.05) is 41.6 Å². The largest absolute Gasteiger partial charge is 0.361 e. The molecule has 6 nitrogen and oxygen atoms in total. The second kappa shape index (κ2) is 5.55. The summed E-state index contributed by atoms with van der Waals surface area (Å²) in [5.74, 6) is 0.978. The van der Waals surface area contributed by atoms with Crippen LogP contribution in [0.5, 0.6) is 0 Å². The number of hydrogen-bond donors (Lipinski definition) is 2. The van der Waals surface area contributed by atoms with Crippen LogP contribution in [0.4, 0.5) is 0 Å². The van der Waals surface area contributed by atoms with Crippen molar-refractivity contribution in [3.8, 4) is 0 Å². The zero-order valence-corrected chi connectivity index (χ0v) is 13.0. The van der Waals surface area contributed by atoms with Crippen LogP contribution < -0.4 is 0 Å².